The zero-order valence-electron chi connectivity index (χ0n) is 17.8. The van der Waals surface area contributed by atoms with E-state index in [9.17, 15) is 4.79 Å². The summed E-state index contributed by atoms with van der Waals surface area (Å²) in [6, 6.07) is 8.53. The second kappa shape index (κ2) is 8.99. The van der Waals surface area contributed by atoms with Crippen LogP contribution in [0.3, 0.4) is 0 Å². The molecular weight excluding hydrogens is 444 g/mol. The largest absolute Gasteiger partial charge is 0.477 e. The van der Waals surface area contributed by atoms with E-state index in [0.717, 1.165) is 18.4 Å². The topological polar surface area (TPSA) is 115 Å². The van der Waals surface area contributed by atoms with E-state index in [1.807, 2.05) is 19.1 Å². The summed E-state index contributed by atoms with van der Waals surface area (Å²) in [5.74, 6) is 1.51. The van der Waals surface area contributed by atoms with Gasteiger partial charge in [0, 0.05) is 17.8 Å². The minimum atomic E-state index is -0.236. The molecule has 10 nitrogen and oxygen atoms in total. The summed E-state index contributed by atoms with van der Waals surface area (Å²) in [4.78, 5) is 24.3. The number of nitrogens with zero attached hydrogens (tertiary/aromatic N) is 7. The number of aromatic amines is 1. The van der Waals surface area contributed by atoms with E-state index in [1.165, 1.54) is 4.80 Å². The quantitative estimate of drug-likeness (QED) is 0.464. The Balaban J connectivity index is 1.45. The maximum atomic E-state index is 13.6. The first-order valence-electron chi connectivity index (χ1n) is 10.6. The van der Waals surface area contributed by atoms with E-state index >= 15 is 0 Å². The molecule has 0 spiro atoms. The number of carbonyl (C=O) groups excluding carboxylic acids is 1. The van der Waals surface area contributed by atoms with Gasteiger partial charge in [-0.1, -0.05) is 11.6 Å². The van der Waals surface area contributed by atoms with E-state index in [0.29, 0.717) is 47.0 Å². The van der Waals surface area contributed by atoms with Gasteiger partial charge in [-0.2, -0.15) is 15.0 Å². The van der Waals surface area contributed by atoms with Crippen molar-refractivity contribution in [3.05, 3.63) is 65.3 Å². The van der Waals surface area contributed by atoms with E-state index in [2.05, 4.69) is 30.4 Å². The zero-order chi connectivity index (χ0) is 22.8. The first kappa shape index (κ1) is 21.1. The molecule has 0 aliphatic carbocycles. The van der Waals surface area contributed by atoms with Crippen LogP contribution in [-0.4, -0.2) is 59.1 Å². The lowest BCUT2D eigenvalue weighted by Crippen LogP contribution is -2.32. The number of likely N-dealkylation sites (tertiary alicyclic amines) is 1. The number of amides is 1. The Morgan fingerprint density at radius 3 is 2.88 bits per heavy atom. The molecule has 168 valence electrons. The van der Waals surface area contributed by atoms with Crippen LogP contribution in [-0.2, 0) is 0 Å². The summed E-state index contributed by atoms with van der Waals surface area (Å²) in [6.45, 7) is 2.99. The van der Waals surface area contributed by atoms with Gasteiger partial charge in [0.25, 0.3) is 5.91 Å². The van der Waals surface area contributed by atoms with Gasteiger partial charge >= 0.3 is 0 Å². The number of benzene rings is 1. The summed E-state index contributed by atoms with van der Waals surface area (Å²) in [5, 5.41) is 17.5. The Bertz CT molecular complexity index is 1270. The van der Waals surface area contributed by atoms with Gasteiger partial charge in [0.05, 0.1) is 41.9 Å². The van der Waals surface area contributed by atoms with Crippen molar-refractivity contribution in [3.8, 4) is 23.0 Å². The minimum absolute atomic E-state index is 0.143. The van der Waals surface area contributed by atoms with Crippen LogP contribution >= 0.6 is 11.6 Å². The molecular formula is C22H21ClN8O2. The van der Waals surface area contributed by atoms with Gasteiger partial charge in [-0.15, -0.1) is 10.2 Å². The first-order valence-corrected chi connectivity index (χ1v) is 11.0. The summed E-state index contributed by atoms with van der Waals surface area (Å²) in [5.41, 5.74) is 1.71. The number of hydrogen-bond acceptors (Lipinski definition) is 7. The summed E-state index contributed by atoms with van der Waals surface area (Å²) < 4.78 is 5.61. The molecule has 33 heavy (non-hydrogen) atoms. The Morgan fingerprint density at radius 1 is 1.21 bits per heavy atom. The molecule has 1 unspecified atom stereocenters. The third-order valence-electron chi connectivity index (χ3n) is 5.47. The molecule has 1 saturated heterocycles. The minimum Gasteiger partial charge on any atom is -0.477 e. The SMILES string of the molecule is CCOc1ncccc1-c1nnc(C2CCCN2C(=O)c2ccc(Cl)cc2-n2nccn2)[nH]1. The van der Waals surface area contributed by atoms with Gasteiger partial charge in [0.15, 0.2) is 11.6 Å². The Kier molecular flexibility index (Phi) is 5.74. The van der Waals surface area contributed by atoms with Crippen molar-refractivity contribution in [3.63, 3.8) is 0 Å². The molecule has 0 radical (unpaired) electrons. The third kappa shape index (κ3) is 4.05. The number of rotatable bonds is 6. The van der Waals surface area contributed by atoms with E-state index < -0.39 is 0 Å². The zero-order valence-corrected chi connectivity index (χ0v) is 18.6. The van der Waals surface area contributed by atoms with E-state index in [-0.39, 0.29) is 11.9 Å². The van der Waals surface area contributed by atoms with Crippen LogP contribution < -0.4 is 4.74 Å². The van der Waals surface area contributed by atoms with Crippen LogP contribution in [0, 0.1) is 0 Å². The lowest BCUT2D eigenvalue weighted by atomic mass is 10.1. The molecule has 4 heterocycles. The van der Waals surface area contributed by atoms with Gasteiger partial charge in [-0.3, -0.25) is 4.79 Å². The van der Waals surface area contributed by atoms with Crippen molar-refractivity contribution in [2.45, 2.75) is 25.8 Å². The van der Waals surface area contributed by atoms with Crippen LogP contribution in [0.2, 0.25) is 5.02 Å². The van der Waals surface area contributed by atoms with Crippen molar-refractivity contribution in [2.24, 2.45) is 0 Å². The average molecular weight is 465 g/mol. The monoisotopic (exact) mass is 464 g/mol. The third-order valence-corrected chi connectivity index (χ3v) is 5.70. The number of ether oxygens (including phenoxy) is 1. The fraction of sp³-hybridized carbons (Fsp3) is 0.273. The van der Waals surface area contributed by atoms with Crippen molar-refractivity contribution >= 4 is 17.5 Å². The highest BCUT2D eigenvalue weighted by atomic mass is 35.5. The molecule has 1 aliphatic rings. The highest BCUT2D eigenvalue weighted by molar-refractivity contribution is 6.31. The van der Waals surface area contributed by atoms with Crippen LogP contribution in [0.1, 0.15) is 42.0 Å². The van der Waals surface area contributed by atoms with Gasteiger partial charge in [-0.05, 0) is 50.1 Å². The Morgan fingerprint density at radius 2 is 2.06 bits per heavy atom. The van der Waals surface area contributed by atoms with Crippen molar-refractivity contribution in [1.82, 2.24) is 40.1 Å². The normalized spacial score (nSPS) is 15.7. The lowest BCUT2D eigenvalue weighted by Gasteiger charge is -2.24. The Hall–Kier alpha value is -3.79. The highest BCUT2D eigenvalue weighted by Gasteiger charge is 2.34. The maximum Gasteiger partial charge on any atom is 0.256 e. The fourth-order valence-corrected chi connectivity index (χ4v) is 4.18. The van der Waals surface area contributed by atoms with Gasteiger partial charge in [-0.25, -0.2) is 4.98 Å². The Labute approximate surface area is 194 Å². The average Bonchev–Trinajstić information content (AvgIpc) is 3.61. The van der Waals surface area contributed by atoms with Crippen LogP contribution in [0.25, 0.3) is 17.1 Å². The number of aromatic nitrogens is 7. The molecule has 4 aromatic rings. The number of carbonyl (C=O) groups is 1. The number of halogens is 1. The molecule has 1 aromatic carbocycles. The van der Waals surface area contributed by atoms with Crippen molar-refractivity contribution in [1.29, 1.82) is 0 Å². The molecule has 0 bridgehead atoms. The number of pyridine rings is 1. The van der Waals surface area contributed by atoms with Gasteiger partial charge in [0.2, 0.25) is 5.88 Å². The first-order chi connectivity index (χ1) is 16.2. The van der Waals surface area contributed by atoms with E-state index in [4.69, 9.17) is 16.3 Å². The van der Waals surface area contributed by atoms with Crippen molar-refractivity contribution in [2.75, 3.05) is 13.2 Å². The van der Waals surface area contributed by atoms with Crippen molar-refractivity contribution < 1.29 is 9.53 Å². The molecule has 1 amide bonds. The predicted octanol–water partition coefficient (Wildman–Crippen LogP) is 3.48. The van der Waals surface area contributed by atoms with Gasteiger partial charge in [0.1, 0.15) is 0 Å². The van der Waals surface area contributed by atoms with E-state index in [1.54, 1.807) is 41.7 Å². The molecule has 11 heteroatoms. The summed E-state index contributed by atoms with van der Waals surface area (Å²) in [7, 11) is 0. The number of hydrogen-bond donors (Lipinski definition) is 1. The van der Waals surface area contributed by atoms with Gasteiger partial charge < -0.3 is 14.6 Å². The molecule has 5 rings (SSSR count). The molecule has 1 N–H and O–H groups in total. The lowest BCUT2D eigenvalue weighted by molar-refractivity contribution is 0.0729. The molecule has 0 saturated carbocycles. The molecule has 1 atom stereocenters. The second-order valence-corrected chi connectivity index (χ2v) is 7.92. The molecule has 3 aromatic heterocycles. The summed E-state index contributed by atoms with van der Waals surface area (Å²) in [6.07, 6.45) is 6.40. The number of H-pyrrole nitrogens is 1. The van der Waals surface area contributed by atoms with Crippen LogP contribution in [0.4, 0.5) is 0 Å². The smallest absolute Gasteiger partial charge is 0.256 e. The predicted molar refractivity (Wildman–Crippen MR) is 120 cm³/mol. The summed E-state index contributed by atoms with van der Waals surface area (Å²) >= 11 is 6.19. The maximum absolute atomic E-state index is 13.6. The fourth-order valence-electron chi connectivity index (χ4n) is 4.01. The second-order valence-electron chi connectivity index (χ2n) is 7.48. The van der Waals surface area contributed by atoms with Crippen LogP contribution in [0.5, 0.6) is 5.88 Å². The standard InChI is InChI=1S/C22H21ClN8O2/c1-2-33-21-16(5-3-9-24-21)19-27-20(29-28-19)17-6-4-12-30(17)22(32)15-8-7-14(23)13-18(15)31-25-10-11-26-31/h3,5,7-11,13,17H,2,4,6,12H2,1H3,(H,27,28,29). The molecule has 1 fully saturated rings. The number of nitrogens with one attached hydrogen (secondary N) is 1. The van der Waals surface area contributed by atoms with Crippen LogP contribution in [0.15, 0.2) is 48.9 Å². The highest BCUT2D eigenvalue weighted by Crippen LogP contribution is 2.34. The molecule has 1 aliphatic heterocycles.